The van der Waals surface area contributed by atoms with Crippen LogP contribution < -0.4 is 11.1 Å². The minimum absolute atomic E-state index is 0. The molecule has 0 aromatic carbocycles. The highest BCUT2D eigenvalue weighted by atomic mass is 35.5. The zero-order valence-electron chi connectivity index (χ0n) is 12.5. The lowest BCUT2D eigenvalue weighted by Gasteiger charge is -2.29. The van der Waals surface area contributed by atoms with Gasteiger partial charge in [0, 0.05) is 19.7 Å². The molecule has 0 radical (unpaired) electrons. The van der Waals surface area contributed by atoms with E-state index in [-0.39, 0.29) is 24.4 Å². The monoisotopic (exact) mass is 316 g/mol. The number of methoxy groups -OCH3 is 1. The summed E-state index contributed by atoms with van der Waals surface area (Å²) >= 11 is 0. The average molecular weight is 317 g/mol. The van der Waals surface area contributed by atoms with Gasteiger partial charge < -0.3 is 20.2 Å². The molecular weight excluding hydrogens is 292 g/mol. The molecule has 0 bridgehead atoms. The maximum Gasteiger partial charge on any atom is 0.287 e. The van der Waals surface area contributed by atoms with Gasteiger partial charge in [0.2, 0.25) is 0 Å². The van der Waals surface area contributed by atoms with Gasteiger partial charge in [0.1, 0.15) is 12.4 Å². The summed E-state index contributed by atoms with van der Waals surface area (Å²) in [6.07, 6.45) is 6.05. The quantitative estimate of drug-likeness (QED) is 0.845. The molecule has 6 heteroatoms. The highest BCUT2D eigenvalue weighted by Crippen LogP contribution is 2.26. The van der Waals surface area contributed by atoms with Crippen LogP contribution in [0.5, 0.6) is 0 Å². The van der Waals surface area contributed by atoms with Gasteiger partial charge in [-0.15, -0.1) is 12.4 Å². The van der Waals surface area contributed by atoms with Crippen LogP contribution in [0.2, 0.25) is 0 Å². The van der Waals surface area contributed by atoms with Crippen molar-refractivity contribution in [3.8, 4) is 0 Å². The number of rotatable bonds is 6. The molecule has 1 aliphatic carbocycles. The lowest BCUT2D eigenvalue weighted by molar-refractivity contribution is 0.0879. The van der Waals surface area contributed by atoms with Crippen LogP contribution in [0.4, 0.5) is 0 Å². The second kappa shape index (κ2) is 9.07. The number of carbonyl (C=O) groups excluding carboxylic acids is 1. The van der Waals surface area contributed by atoms with Gasteiger partial charge in [0.15, 0.2) is 5.76 Å². The lowest BCUT2D eigenvalue weighted by atomic mass is 9.84. The zero-order chi connectivity index (χ0) is 14.4. The standard InChI is InChI=1S/C15H24N2O3.ClH/c1-19-10-12-7-8-14(20-12)15(18)17-13(9-16)11-5-3-2-4-6-11;/h7-8,11,13H,2-6,9-10,16H2,1H3,(H,17,18);1H. The summed E-state index contributed by atoms with van der Waals surface area (Å²) in [5.74, 6) is 1.28. The molecule has 1 aliphatic rings. The molecule has 5 nitrogen and oxygen atoms in total. The van der Waals surface area contributed by atoms with Crippen LogP contribution in [0.25, 0.3) is 0 Å². The van der Waals surface area contributed by atoms with E-state index in [4.69, 9.17) is 14.9 Å². The van der Waals surface area contributed by atoms with Gasteiger partial charge in [-0.1, -0.05) is 19.3 Å². The number of ether oxygens (including phenoxy) is 1. The van der Waals surface area contributed by atoms with Crippen molar-refractivity contribution in [2.75, 3.05) is 13.7 Å². The van der Waals surface area contributed by atoms with Crippen LogP contribution in [0.1, 0.15) is 48.4 Å². The van der Waals surface area contributed by atoms with Crippen molar-refractivity contribution >= 4 is 18.3 Å². The van der Waals surface area contributed by atoms with Crippen LogP contribution >= 0.6 is 12.4 Å². The van der Waals surface area contributed by atoms with Gasteiger partial charge in [-0.05, 0) is 30.9 Å². The fourth-order valence-corrected chi connectivity index (χ4v) is 2.87. The van der Waals surface area contributed by atoms with E-state index in [0.717, 1.165) is 12.8 Å². The van der Waals surface area contributed by atoms with Gasteiger partial charge in [-0.25, -0.2) is 0 Å². The molecule has 2 rings (SSSR count). The predicted octanol–water partition coefficient (Wildman–Crippen LogP) is 2.49. The van der Waals surface area contributed by atoms with Crippen molar-refractivity contribution in [1.82, 2.24) is 5.32 Å². The van der Waals surface area contributed by atoms with E-state index in [1.54, 1.807) is 19.2 Å². The molecular formula is C15H25ClN2O3. The van der Waals surface area contributed by atoms with E-state index in [9.17, 15) is 4.79 Å². The number of hydrogen-bond donors (Lipinski definition) is 2. The van der Waals surface area contributed by atoms with Crippen molar-refractivity contribution in [1.29, 1.82) is 0 Å². The summed E-state index contributed by atoms with van der Waals surface area (Å²) in [5.41, 5.74) is 5.82. The van der Waals surface area contributed by atoms with Crippen LogP contribution in [0.15, 0.2) is 16.5 Å². The largest absolute Gasteiger partial charge is 0.453 e. The highest BCUT2D eigenvalue weighted by Gasteiger charge is 2.25. The van der Waals surface area contributed by atoms with Crippen molar-refractivity contribution in [2.24, 2.45) is 11.7 Å². The molecule has 3 N–H and O–H groups in total. The summed E-state index contributed by atoms with van der Waals surface area (Å²) in [6, 6.07) is 3.48. The Kier molecular flexibility index (Phi) is 7.78. The summed E-state index contributed by atoms with van der Waals surface area (Å²) in [5, 5.41) is 3.01. The van der Waals surface area contributed by atoms with E-state index in [1.807, 2.05) is 0 Å². The molecule has 1 aromatic rings. The first-order chi connectivity index (χ1) is 9.74. The van der Waals surface area contributed by atoms with Crippen LogP contribution in [-0.2, 0) is 11.3 Å². The minimum Gasteiger partial charge on any atom is -0.453 e. The maximum absolute atomic E-state index is 12.2. The molecule has 120 valence electrons. The Morgan fingerprint density at radius 1 is 1.43 bits per heavy atom. The third-order valence-corrected chi connectivity index (χ3v) is 3.96. The van der Waals surface area contributed by atoms with Crippen molar-refractivity contribution in [3.63, 3.8) is 0 Å². The molecule has 0 saturated heterocycles. The predicted molar refractivity (Wildman–Crippen MR) is 83.6 cm³/mol. The zero-order valence-corrected chi connectivity index (χ0v) is 13.3. The second-order valence-electron chi connectivity index (χ2n) is 5.41. The third-order valence-electron chi connectivity index (χ3n) is 3.96. The molecule has 1 atom stereocenters. The lowest BCUT2D eigenvalue weighted by Crippen LogP contribution is -2.45. The first-order valence-electron chi connectivity index (χ1n) is 7.33. The Hall–Kier alpha value is -1.04. The Morgan fingerprint density at radius 2 is 2.14 bits per heavy atom. The number of carbonyl (C=O) groups is 1. The molecule has 21 heavy (non-hydrogen) atoms. The molecule has 0 spiro atoms. The topological polar surface area (TPSA) is 77.5 Å². The number of nitrogens with two attached hydrogens (primary N) is 1. The fourth-order valence-electron chi connectivity index (χ4n) is 2.87. The molecule has 1 amide bonds. The first kappa shape index (κ1) is 18.0. The summed E-state index contributed by atoms with van der Waals surface area (Å²) in [7, 11) is 1.59. The number of amides is 1. The number of hydrogen-bond acceptors (Lipinski definition) is 4. The average Bonchev–Trinajstić information content (AvgIpc) is 2.94. The van der Waals surface area contributed by atoms with Crippen LogP contribution in [-0.4, -0.2) is 25.6 Å². The Labute approximate surface area is 132 Å². The first-order valence-corrected chi connectivity index (χ1v) is 7.33. The number of halogens is 1. The van der Waals surface area contributed by atoms with Crippen LogP contribution in [0.3, 0.4) is 0 Å². The molecule has 1 aromatic heterocycles. The highest BCUT2D eigenvalue weighted by molar-refractivity contribution is 5.91. The SMILES string of the molecule is COCc1ccc(C(=O)NC(CN)C2CCCCC2)o1.Cl. The smallest absolute Gasteiger partial charge is 0.287 e. The van der Waals surface area contributed by atoms with Gasteiger partial charge in [0.25, 0.3) is 5.91 Å². The molecule has 0 aliphatic heterocycles. The van der Waals surface area contributed by atoms with Gasteiger partial charge >= 0.3 is 0 Å². The van der Waals surface area contributed by atoms with Crippen molar-refractivity contribution in [3.05, 3.63) is 23.7 Å². The van der Waals surface area contributed by atoms with Gasteiger partial charge in [0.05, 0.1) is 0 Å². The van der Waals surface area contributed by atoms with Crippen molar-refractivity contribution in [2.45, 2.75) is 44.8 Å². The second-order valence-corrected chi connectivity index (χ2v) is 5.41. The summed E-state index contributed by atoms with van der Waals surface area (Å²) < 4.78 is 10.4. The Bertz CT molecular complexity index is 430. The number of furan rings is 1. The number of nitrogens with one attached hydrogen (secondary N) is 1. The maximum atomic E-state index is 12.2. The normalized spacial score (nSPS) is 17.0. The molecule has 1 saturated carbocycles. The molecule has 1 unspecified atom stereocenters. The summed E-state index contributed by atoms with van der Waals surface area (Å²) in [6.45, 7) is 0.846. The van der Waals surface area contributed by atoms with Crippen LogP contribution in [0, 0.1) is 5.92 Å². The van der Waals surface area contributed by atoms with Gasteiger partial charge in [-0.2, -0.15) is 0 Å². The van der Waals surface area contributed by atoms with Crippen molar-refractivity contribution < 1.29 is 13.9 Å². The van der Waals surface area contributed by atoms with E-state index >= 15 is 0 Å². The van der Waals surface area contributed by atoms with E-state index in [2.05, 4.69) is 5.32 Å². The Morgan fingerprint density at radius 3 is 2.76 bits per heavy atom. The molecule has 1 heterocycles. The van der Waals surface area contributed by atoms with E-state index < -0.39 is 0 Å². The van der Waals surface area contributed by atoms with Gasteiger partial charge in [-0.3, -0.25) is 4.79 Å². The summed E-state index contributed by atoms with van der Waals surface area (Å²) in [4.78, 5) is 12.2. The Balaban J connectivity index is 0.00000220. The molecule has 1 fully saturated rings. The third kappa shape index (κ3) is 5.02. The van der Waals surface area contributed by atoms with E-state index in [1.165, 1.54) is 19.3 Å². The van der Waals surface area contributed by atoms with E-state index in [0.29, 0.717) is 30.6 Å². The minimum atomic E-state index is -0.187. The fraction of sp³-hybridized carbons (Fsp3) is 0.667.